The number of Topliss-reactive ketones (excluding diaryl/α,β-unsaturated/α-hetero) is 1. The highest BCUT2D eigenvalue weighted by atomic mass is 32.2. The molecule has 6 rings (SSSR count). The quantitative estimate of drug-likeness (QED) is 0.316. The molecule has 2 saturated heterocycles. The Bertz CT molecular complexity index is 1420. The summed E-state index contributed by atoms with van der Waals surface area (Å²) in [6, 6.07) is 14.7. The number of benzene rings is 2. The molecule has 2 fully saturated rings. The van der Waals surface area contributed by atoms with Crippen LogP contribution in [-0.4, -0.2) is 90.8 Å². The second-order valence-corrected chi connectivity index (χ2v) is 12.4. The van der Waals surface area contributed by atoms with Gasteiger partial charge < -0.3 is 25.2 Å². The van der Waals surface area contributed by atoms with Gasteiger partial charge in [0.25, 0.3) is 0 Å². The predicted octanol–water partition coefficient (Wildman–Crippen LogP) is 5.43. The average Bonchev–Trinajstić information content (AvgIpc) is 3.51. The van der Waals surface area contributed by atoms with E-state index in [1.807, 2.05) is 31.2 Å². The third-order valence-electron chi connectivity index (χ3n) is 8.64. The second-order valence-electron chi connectivity index (χ2n) is 11.3. The van der Waals surface area contributed by atoms with Crippen LogP contribution in [0.1, 0.15) is 42.2 Å². The van der Waals surface area contributed by atoms with Crippen LogP contribution in [0.2, 0.25) is 0 Å². The van der Waals surface area contributed by atoms with Gasteiger partial charge >= 0.3 is 0 Å². The summed E-state index contributed by atoms with van der Waals surface area (Å²) in [5.41, 5.74) is 4.46. The molecule has 222 valence electrons. The van der Waals surface area contributed by atoms with Gasteiger partial charge in [0.15, 0.2) is 5.78 Å². The van der Waals surface area contributed by atoms with E-state index < -0.39 is 0 Å². The summed E-state index contributed by atoms with van der Waals surface area (Å²) in [7, 11) is 3.92. The minimum atomic E-state index is 0.100. The van der Waals surface area contributed by atoms with Gasteiger partial charge in [-0.2, -0.15) is 4.98 Å². The number of aromatic nitrogens is 2. The van der Waals surface area contributed by atoms with E-state index in [-0.39, 0.29) is 5.78 Å². The van der Waals surface area contributed by atoms with Gasteiger partial charge in [0.2, 0.25) is 5.95 Å². The molecule has 0 atom stereocenters. The summed E-state index contributed by atoms with van der Waals surface area (Å²) in [6.07, 6.45) is 3.71. The van der Waals surface area contributed by atoms with Crippen LogP contribution >= 0.6 is 11.8 Å². The highest BCUT2D eigenvalue weighted by Crippen LogP contribution is 2.39. The van der Waals surface area contributed by atoms with Crippen LogP contribution < -0.4 is 20.3 Å². The molecule has 2 aromatic carbocycles. The van der Waals surface area contributed by atoms with Crippen molar-refractivity contribution in [2.24, 2.45) is 0 Å². The number of methoxy groups -OCH3 is 1. The molecule has 0 bridgehead atoms. The highest BCUT2D eigenvalue weighted by molar-refractivity contribution is 7.99. The fourth-order valence-corrected chi connectivity index (χ4v) is 7.19. The molecule has 42 heavy (non-hydrogen) atoms. The molecule has 0 amide bonds. The first-order chi connectivity index (χ1) is 20.5. The summed E-state index contributed by atoms with van der Waals surface area (Å²) >= 11 is 1.75. The van der Waals surface area contributed by atoms with Gasteiger partial charge in [-0.25, -0.2) is 4.98 Å². The number of piperazine rings is 1. The molecule has 0 spiro atoms. The van der Waals surface area contributed by atoms with E-state index in [2.05, 4.69) is 50.6 Å². The lowest BCUT2D eigenvalue weighted by Crippen LogP contribution is -2.52. The molecule has 10 heteroatoms. The van der Waals surface area contributed by atoms with Crippen LogP contribution in [0.4, 0.5) is 28.8 Å². The minimum absolute atomic E-state index is 0.100. The van der Waals surface area contributed by atoms with E-state index in [1.165, 1.54) is 44.7 Å². The van der Waals surface area contributed by atoms with E-state index in [0.717, 1.165) is 58.8 Å². The summed E-state index contributed by atoms with van der Waals surface area (Å²) < 4.78 is 5.83. The number of thioether (sulfide) groups is 1. The van der Waals surface area contributed by atoms with E-state index in [1.54, 1.807) is 18.9 Å². The number of nitrogens with one attached hydrogen (secondary N) is 2. The van der Waals surface area contributed by atoms with Crippen molar-refractivity contribution in [3.05, 3.63) is 53.7 Å². The number of ether oxygens (including phenoxy) is 1. The Morgan fingerprint density at radius 2 is 1.79 bits per heavy atom. The van der Waals surface area contributed by atoms with Crippen LogP contribution in [0.5, 0.6) is 5.75 Å². The summed E-state index contributed by atoms with van der Waals surface area (Å²) in [5.74, 6) is 3.06. The van der Waals surface area contributed by atoms with Crippen molar-refractivity contribution in [2.75, 3.05) is 74.7 Å². The van der Waals surface area contributed by atoms with Crippen molar-refractivity contribution in [1.29, 1.82) is 0 Å². The van der Waals surface area contributed by atoms with Gasteiger partial charge in [0, 0.05) is 81.2 Å². The molecule has 9 nitrogen and oxygen atoms in total. The first-order valence-corrected chi connectivity index (χ1v) is 16.1. The molecule has 3 aliphatic heterocycles. The molecule has 0 unspecified atom stereocenters. The lowest BCUT2D eigenvalue weighted by atomic mass is 10.0. The molecule has 3 aromatic rings. The maximum atomic E-state index is 12.6. The SMILES string of the molecule is CCC(=O)c1ccccc1Nc1nc(Nc2ccc(N3CCC(N4CCN(C)CC4)CC3)cc2OC)nc2c1SCC2. The Hall–Kier alpha value is -3.34. The number of likely N-dealkylation sites (N-methyl/N-ethyl adjacent to an activating group) is 1. The summed E-state index contributed by atoms with van der Waals surface area (Å²) in [5, 5.41) is 6.87. The Morgan fingerprint density at radius 3 is 2.55 bits per heavy atom. The third kappa shape index (κ3) is 6.21. The fourth-order valence-electron chi connectivity index (χ4n) is 6.14. The predicted molar refractivity (Wildman–Crippen MR) is 171 cm³/mol. The highest BCUT2D eigenvalue weighted by Gasteiger charge is 2.27. The third-order valence-corrected chi connectivity index (χ3v) is 9.76. The number of nitrogens with zero attached hydrogens (tertiary/aromatic N) is 5. The van der Waals surface area contributed by atoms with Gasteiger partial charge in [-0.3, -0.25) is 9.69 Å². The number of anilines is 5. The second kappa shape index (κ2) is 12.9. The molecular weight excluding hydrogens is 546 g/mol. The molecule has 0 radical (unpaired) electrons. The molecule has 1 aromatic heterocycles. The van der Waals surface area contributed by atoms with Crippen molar-refractivity contribution in [3.8, 4) is 5.75 Å². The number of hydrogen-bond acceptors (Lipinski definition) is 10. The smallest absolute Gasteiger partial charge is 0.229 e. The number of hydrogen-bond donors (Lipinski definition) is 2. The van der Waals surface area contributed by atoms with Crippen molar-refractivity contribution in [1.82, 2.24) is 19.8 Å². The lowest BCUT2D eigenvalue weighted by molar-refractivity contribution is 0.0982. The Kier molecular flexibility index (Phi) is 8.83. The standard InChI is InChI=1S/C32H41N7O2S/c1-4-28(40)24-7-5-6-8-25(24)33-31-30-27(13-20-42-30)35-32(36-31)34-26-10-9-23(21-29(26)41-3)38-14-11-22(12-15-38)39-18-16-37(2)17-19-39/h5-10,21-22H,4,11-20H2,1-3H3,(H2,33,34,35,36). The topological polar surface area (TPSA) is 85.9 Å². The number of piperidine rings is 1. The summed E-state index contributed by atoms with van der Waals surface area (Å²) in [4.78, 5) is 30.9. The zero-order chi connectivity index (χ0) is 29.1. The van der Waals surface area contributed by atoms with Gasteiger partial charge in [-0.1, -0.05) is 19.1 Å². The summed E-state index contributed by atoms with van der Waals surface area (Å²) in [6.45, 7) is 8.68. The van der Waals surface area contributed by atoms with Crippen molar-refractivity contribution < 1.29 is 9.53 Å². The van der Waals surface area contributed by atoms with E-state index in [9.17, 15) is 4.79 Å². The van der Waals surface area contributed by atoms with Crippen LogP contribution in [0.15, 0.2) is 47.4 Å². The zero-order valence-electron chi connectivity index (χ0n) is 24.9. The first kappa shape index (κ1) is 28.8. The normalized spacial score (nSPS) is 18.1. The van der Waals surface area contributed by atoms with E-state index >= 15 is 0 Å². The maximum Gasteiger partial charge on any atom is 0.229 e. The number of carbonyl (C=O) groups excluding carboxylic acids is 1. The van der Waals surface area contributed by atoms with Crippen molar-refractivity contribution in [2.45, 2.75) is 43.5 Å². The van der Waals surface area contributed by atoms with Crippen LogP contribution in [0.25, 0.3) is 0 Å². The Labute approximate surface area is 253 Å². The monoisotopic (exact) mass is 587 g/mol. The largest absolute Gasteiger partial charge is 0.494 e. The van der Waals surface area contributed by atoms with E-state index in [0.29, 0.717) is 24.0 Å². The van der Waals surface area contributed by atoms with Crippen molar-refractivity contribution >= 4 is 46.4 Å². The molecule has 2 N–H and O–H groups in total. The number of rotatable bonds is 9. The van der Waals surface area contributed by atoms with Gasteiger partial charge in [-0.05, 0) is 44.2 Å². The lowest BCUT2D eigenvalue weighted by Gasteiger charge is -2.42. The zero-order valence-corrected chi connectivity index (χ0v) is 25.7. The van der Waals surface area contributed by atoms with Gasteiger partial charge in [0.05, 0.1) is 29.1 Å². The van der Waals surface area contributed by atoms with Crippen molar-refractivity contribution in [3.63, 3.8) is 0 Å². The van der Waals surface area contributed by atoms with E-state index in [4.69, 9.17) is 14.7 Å². The fraction of sp³-hybridized carbons (Fsp3) is 0.469. The molecular formula is C32H41N7O2S. The average molecular weight is 588 g/mol. The van der Waals surface area contributed by atoms with Crippen LogP contribution in [-0.2, 0) is 6.42 Å². The van der Waals surface area contributed by atoms with Crippen LogP contribution in [0, 0.1) is 0 Å². The Balaban J connectivity index is 1.18. The van der Waals surface area contributed by atoms with Gasteiger partial charge in [-0.15, -0.1) is 11.8 Å². The first-order valence-electron chi connectivity index (χ1n) is 15.1. The number of carbonyl (C=O) groups is 1. The molecule has 4 heterocycles. The molecule has 0 saturated carbocycles. The van der Waals surface area contributed by atoms with Crippen LogP contribution in [0.3, 0.4) is 0 Å². The number of aryl methyl sites for hydroxylation is 1. The molecule has 3 aliphatic rings. The maximum absolute atomic E-state index is 12.6. The number of fused-ring (bicyclic) bond motifs is 1. The number of ketones is 1. The number of para-hydroxylation sites is 1. The minimum Gasteiger partial charge on any atom is -0.494 e. The van der Waals surface area contributed by atoms with Gasteiger partial charge in [0.1, 0.15) is 11.6 Å². The molecule has 0 aliphatic carbocycles. The Morgan fingerprint density at radius 1 is 1.00 bits per heavy atom.